The highest BCUT2D eigenvalue weighted by Gasteiger charge is 2.24. The molecule has 8 heteroatoms. The Morgan fingerprint density at radius 2 is 2.14 bits per heavy atom. The van der Waals surface area contributed by atoms with Gasteiger partial charge in [0, 0.05) is 17.1 Å². The average Bonchev–Trinajstić information content (AvgIpc) is 3.16. The lowest BCUT2D eigenvalue weighted by Gasteiger charge is -2.09. The molecule has 1 unspecified atom stereocenters. The Morgan fingerprint density at radius 1 is 1.32 bits per heavy atom. The Labute approximate surface area is 136 Å². The fraction of sp³-hybridized carbons (Fsp3) is 0.571. The van der Waals surface area contributed by atoms with Crippen LogP contribution >= 0.6 is 21.6 Å². The summed E-state index contributed by atoms with van der Waals surface area (Å²) in [6.45, 7) is 0.567. The second-order valence-corrected chi connectivity index (χ2v) is 7.89. The molecule has 22 heavy (non-hydrogen) atoms. The fourth-order valence-corrected chi connectivity index (χ4v) is 5.42. The molecule has 3 rings (SSSR count). The molecule has 120 valence electrons. The van der Waals surface area contributed by atoms with Crippen LogP contribution in [0.5, 0.6) is 17.2 Å². The molecule has 1 fully saturated rings. The van der Waals surface area contributed by atoms with Gasteiger partial charge >= 0.3 is 5.69 Å². The van der Waals surface area contributed by atoms with Crippen LogP contribution in [0, 0.1) is 10.1 Å². The first-order valence-electron chi connectivity index (χ1n) is 7.23. The van der Waals surface area contributed by atoms with Crippen molar-refractivity contribution >= 4 is 27.3 Å². The van der Waals surface area contributed by atoms with Crippen molar-refractivity contribution in [3.8, 4) is 17.2 Å². The van der Waals surface area contributed by atoms with Gasteiger partial charge in [-0.1, -0.05) is 21.6 Å². The van der Waals surface area contributed by atoms with Gasteiger partial charge in [-0.25, -0.2) is 0 Å². The van der Waals surface area contributed by atoms with Crippen LogP contribution in [-0.2, 0) is 0 Å². The highest BCUT2D eigenvalue weighted by atomic mass is 33.1. The molecule has 0 radical (unpaired) electrons. The van der Waals surface area contributed by atoms with Crippen molar-refractivity contribution < 1.29 is 19.1 Å². The molecule has 1 atom stereocenters. The molecule has 0 aliphatic carbocycles. The second kappa shape index (κ2) is 7.32. The minimum Gasteiger partial charge on any atom is -0.487 e. The standard InChI is InChI=1S/C14H17NO5S2/c16-15(17)11-7-13-14(20-9-19-13)8-12(11)18-5-2-1-3-10-4-6-21-22-10/h7-8,10H,1-6,9H2. The maximum atomic E-state index is 11.1. The molecule has 1 saturated heterocycles. The smallest absolute Gasteiger partial charge is 0.314 e. The van der Waals surface area contributed by atoms with Gasteiger partial charge in [-0.3, -0.25) is 10.1 Å². The summed E-state index contributed by atoms with van der Waals surface area (Å²) in [5.41, 5.74) is -0.0769. The SMILES string of the molecule is O=[N+]([O-])c1cc2c(cc1OCCCCC1CCSS1)OCO2. The van der Waals surface area contributed by atoms with Crippen molar-refractivity contribution in [3.63, 3.8) is 0 Å². The third-order valence-electron chi connectivity index (χ3n) is 3.56. The first kappa shape index (κ1) is 15.6. The number of unbranched alkanes of at least 4 members (excludes halogenated alkanes) is 1. The summed E-state index contributed by atoms with van der Waals surface area (Å²) in [4.78, 5) is 10.7. The Kier molecular flexibility index (Phi) is 5.20. The summed E-state index contributed by atoms with van der Waals surface area (Å²) in [6.07, 6.45) is 4.44. The molecule has 0 amide bonds. The van der Waals surface area contributed by atoms with E-state index in [1.54, 1.807) is 6.07 Å². The third kappa shape index (κ3) is 3.73. The van der Waals surface area contributed by atoms with Crippen LogP contribution in [0.2, 0.25) is 0 Å². The van der Waals surface area contributed by atoms with Crippen LogP contribution in [0.25, 0.3) is 0 Å². The number of nitrogens with zero attached hydrogens (tertiary/aromatic N) is 1. The van der Waals surface area contributed by atoms with E-state index in [0.29, 0.717) is 18.1 Å². The maximum absolute atomic E-state index is 11.1. The van der Waals surface area contributed by atoms with E-state index in [2.05, 4.69) is 0 Å². The van der Waals surface area contributed by atoms with Gasteiger partial charge in [-0.05, 0) is 25.7 Å². The molecule has 0 spiro atoms. The quantitative estimate of drug-likeness (QED) is 0.320. The van der Waals surface area contributed by atoms with Crippen LogP contribution in [0.4, 0.5) is 5.69 Å². The van der Waals surface area contributed by atoms with Gasteiger partial charge < -0.3 is 14.2 Å². The maximum Gasteiger partial charge on any atom is 0.314 e. The predicted octanol–water partition coefficient (Wildman–Crippen LogP) is 4.03. The second-order valence-electron chi connectivity index (χ2n) is 5.10. The molecular weight excluding hydrogens is 326 g/mol. The van der Waals surface area contributed by atoms with Crippen LogP contribution in [0.3, 0.4) is 0 Å². The Hall–Kier alpha value is -1.28. The molecule has 2 aliphatic rings. The number of hydrogen-bond donors (Lipinski definition) is 0. The lowest BCUT2D eigenvalue weighted by Crippen LogP contribution is -2.03. The van der Waals surface area contributed by atoms with E-state index >= 15 is 0 Å². The number of hydrogen-bond acceptors (Lipinski definition) is 7. The van der Waals surface area contributed by atoms with Crippen molar-refractivity contribution in [2.24, 2.45) is 0 Å². The average molecular weight is 343 g/mol. The van der Waals surface area contributed by atoms with Crippen molar-refractivity contribution in [1.82, 2.24) is 0 Å². The third-order valence-corrected chi connectivity index (χ3v) is 6.56. The normalized spacial score (nSPS) is 19.4. The lowest BCUT2D eigenvalue weighted by atomic mass is 10.1. The Bertz CT molecular complexity index is 548. The minimum absolute atomic E-state index is 0.0769. The number of benzene rings is 1. The zero-order chi connectivity index (χ0) is 15.4. The first-order valence-corrected chi connectivity index (χ1v) is 9.61. The molecule has 0 bridgehead atoms. The van der Waals surface area contributed by atoms with Gasteiger partial charge in [0.1, 0.15) is 0 Å². The number of ether oxygens (including phenoxy) is 3. The van der Waals surface area contributed by atoms with E-state index in [4.69, 9.17) is 14.2 Å². The van der Waals surface area contributed by atoms with Crippen LogP contribution in [0.1, 0.15) is 25.7 Å². The zero-order valence-corrected chi connectivity index (χ0v) is 13.6. The largest absolute Gasteiger partial charge is 0.487 e. The van der Waals surface area contributed by atoms with E-state index in [1.807, 2.05) is 21.6 Å². The van der Waals surface area contributed by atoms with E-state index in [-0.39, 0.29) is 18.2 Å². The molecule has 2 aliphatic heterocycles. The molecule has 6 nitrogen and oxygen atoms in total. The minimum atomic E-state index is -0.455. The van der Waals surface area contributed by atoms with Gasteiger partial charge in [-0.2, -0.15) is 0 Å². The Balaban J connectivity index is 1.51. The molecule has 0 N–H and O–H groups in total. The summed E-state index contributed by atoms with van der Waals surface area (Å²) in [7, 11) is 3.92. The van der Waals surface area contributed by atoms with Gasteiger partial charge in [0.05, 0.1) is 17.6 Å². The van der Waals surface area contributed by atoms with Gasteiger partial charge in [0.2, 0.25) is 12.5 Å². The summed E-state index contributed by atoms with van der Waals surface area (Å²) in [5, 5.41) is 11.9. The van der Waals surface area contributed by atoms with Crippen LogP contribution < -0.4 is 14.2 Å². The van der Waals surface area contributed by atoms with Crippen molar-refractivity contribution in [2.75, 3.05) is 19.2 Å². The van der Waals surface area contributed by atoms with E-state index in [9.17, 15) is 10.1 Å². The molecule has 1 aromatic carbocycles. The molecule has 0 aromatic heterocycles. The Morgan fingerprint density at radius 3 is 2.86 bits per heavy atom. The highest BCUT2D eigenvalue weighted by Crippen LogP contribution is 2.42. The first-order chi connectivity index (χ1) is 10.7. The molecular formula is C14H17NO5S2. The monoisotopic (exact) mass is 343 g/mol. The van der Waals surface area contributed by atoms with Crippen molar-refractivity contribution in [3.05, 3.63) is 22.2 Å². The predicted molar refractivity (Wildman–Crippen MR) is 87.0 cm³/mol. The number of nitro groups is 1. The number of fused-ring (bicyclic) bond motifs is 1. The molecule has 1 aromatic rings. The van der Waals surface area contributed by atoms with Gasteiger partial charge in [0.15, 0.2) is 11.5 Å². The van der Waals surface area contributed by atoms with E-state index in [0.717, 1.165) is 18.1 Å². The van der Waals surface area contributed by atoms with E-state index < -0.39 is 4.92 Å². The van der Waals surface area contributed by atoms with Gasteiger partial charge in [0.25, 0.3) is 0 Å². The van der Waals surface area contributed by atoms with Crippen LogP contribution in [-0.4, -0.2) is 29.3 Å². The summed E-state index contributed by atoms with van der Waals surface area (Å²) in [5.74, 6) is 2.39. The number of rotatable bonds is 7. The molecule has 2 heterocycles. The van der Waals surface area contributed by atoms with Crippen molar-refractivity contribution in [1.29, 1.82) is 0 Å². The topological polar surface area (TPSA) is 70.8 Å². The summed E-state index contributed by atoms with van der Waals surface area (Å²) < 4.78 is 16.0. The summed E-state index contributed by atoms with van der Waals surface area (Å²) >= 11 is 0. The molecule has 0 saturated carbocycles. The number of nitro benzene ring substituents is 1. The summed E-state index contributed by atoms with van der Waals surface area (Å²) in [6, 6.07) is 2.91. The highest BCUT2D eigenvalue weighted by molar-refractivity contribution is 8.77. The zero-order valence-electron chi connectivity index (χ0n) is 12.0. The van der Waals surface area contributed by atoms with E-state index in [1.165, 1.54) is 24.7 Å². The lowest BCUT2D eigenvalue weighted by molar-refractivity contribution is -0.385. The van der Waals surface area contributed by atoms with Gasteiger partial charge in [-0.15, -0.1) is 0 Å². The fourth-order valence-electron chi connectivity index (χ4n) is 2.39. The van der Waals surface area contributed by atoms with Crippen molar-refractivity contribution in [2.45, 2.75) is 30.9 Å². The van der Waals surface area contributed by atoms with Crippen LogP contribution in [0.15, 0.2) is 12.1 Å².